The predicted molar refractivity (Wildman–Crippen MR) is 83.0 cm³/mol. The van der Waals surface area contributed by atoms with Gasteiger partial charge in [-0.25, -0.2) is 0 Å². The molecule has 0 spiro atoms. The van der Waals surface area contributed by atoms with Gasteiger partial charge in [0.2, 0.25) is 0 Å². The number of rotatable bonds is 3. The molecule has 0 saturated heterocycles. The van der Waals surface area contributed by atoms with E-state index in [9.17, 15) is 10.2 Å². The van der Waals surface area contributed by atoms with Crippen LogP contribution in [0, 0.1) is 6.92 Å². The largest absolute Gasteiger partial charge is 0.508 e. The van der Waals surface area contributed by atoms with Crippen molar-refractivity contribution in [2.75, 3.05) is 5.32 Å². The number of anilines is 1. The molecule has 0 amide bonds. The zero-order valence-corrected chi connectivity index (χ0v) is 12.6. The number of phenolic OH excluding ortho intramolecular Hbond substituents is 2. The summed E-state index contributed by atoms with van der Waals surface area (Å²) in [7, 11) is 0. The van der Waals surface area contributed by atoms with Crippen LogP contribution in [0.3, 0.4) is 0 Å². The topological polar surface area (TPSA) is 52.5 Å². The fourth-order valence-electron chi connectivity index (χ4n) is 1.96. The number of aromatic hydroxyl groups is 2. The third-order valence-corrected chi connectivity index (χ3v) is 3.82. The highest BCUT2D eigenvalue weighted by molar-refractivity contribution is 6.35. The van der Waals surface area contributed by atoms with Crippen molar-refractivity contribution in [1.29, 1.82) is 0 Å². The minimum atomic E-state index is -0.238. The molecule has 106 valence electrons. The molecule has 0 bridgehead atoms. The minimum absolute atomic E-state index is 0.0967. The number of hydrogen-bond donors (Lipinski definition) is 3. The van der Waals surface area contributed by atoms with Crippen LogP contribution in [0.25, 0.3) is 0 Å². The van der Waals surface area contributed by atoms with E-state index in [2.05, 4.69) is 5.32 Å². The molecule has 0 fully saturated rings. The molecule has 2 aromatic rings. The lowest BCUT2D eigenvalue weighted by Crippen LogP contribution is -2.07. The predicted octanol–water partition coefficient (Wildman–Crippen LogP) is 4.89. The van der Waals surface area contributed by atoms with Crippen molar-refractivity contribution >= 4 is 28.9 Å². The highest BCUT2D eigenvalue weighted by Crippen LogP contribution is 2.34. The second kappa shape index (κ2) is 5.81. The molecule has 0 heterocycles. The van der Waals surface area contributed by atoms with Gasteiger partial charge in [-0.2, -0.15) is 0 Å². The summed E-state index contributed by atoms with van der Waals surface area (Å²) in [5, 5.41) is 23.7. The smallest absolute Gasteiger partial charge is 0.121 e. The summed E-state index contributed by atoms with van der Waals surface area (Å²) in [5.41, 5.74) is 2.16. The molecule has 5 heteroatoms. The molecule has 0 aromatic heterocycles. The number of nitrogens with one attached hydrogen (secondary N) is 1. The van der Waals surface area contributed by atoms with Crippen LogP contribution in [0.2, 0.25) is 10.0 Å². The third-order valence-electron chi connectivity index (χ3n) is 3.10. The first-order chi connectivity index (χ1) is 9.38. The summed E-state index contributed by atoms with van der Waals surface area (Å²) in [4.78, 5) is 0. The highest BCUT2D eigenvalue weighted by Gasteiger charge is 2.13. The number of aryl methyl sites for hydroxylation is 1. The van der Waals surface area contributed by atoms with Crippen molar-refractivity contribution < 1.29 is 10.2 Å². The monoisotopic (exact) mass is 311 g/mol. The van der Waals surface area contributed by atoms with Gasteiger partial charge in [-0.3, -0.25) is 0 Å². The standard InChI is InChI=1S/C15H15Cl2NO2/c1-8-5-13(17)14(7-12(8)16)18-9(2)11-6-10(19)3-4-15(11)20/h3-7,9,18-20H,1-2H3. The number of hydrogen-bond acceptors (Lipinski definition) is 3. The molecule has 0 saturated carbocycles. The van der Waals surface area contributed by atoms with E-state index < -0.39 is 0 Å². The second-order valence-corrected chi connectivity index (χ2v) is 5.50. The van der Waals surface area contributed by atoms with Crippen molar-refractivity contribution in [3.63, 3.8) is 0 Å². The minimum Gasteiger partial charge on any atom is -0.508 e. The number of benzene rings is 2. The molecule has 1 unspecified atom stereocenters. The van der Waals surface area contributed by atoms with Crippen LogP contribution in [0.4, 0.5) is 5.69 Å². The van der Waals surface area contributed by atoms with Crippen molar-refractivity contribution in [3.8, 4) is 11.5 Å². The van der Waals surface area contributed by atoms with Gasteiger partial charge < -0.3 is 15.5 Å². The summed E-state index contributed by atoms with van der Waals surface area (Å²) in [6.45, 7) is 3.74. The Balaban J connectivity index is 2.30. The molecule has 2 aromatic carbocycles. The maximum atomic E-state index is 9.84. The Kier molecular flexibility index (Phi) is 4.31. The van der Waals surface area contributed by atoms with Gasteiger partial charge in [-0.1, -0.05) is 23.2 Å². The number of phenols is 2. The van der Waals surface area contributed by atoms with Gasteiger partial charge in [0.1, 0.15) is 11.5 Å². The lowest BCUT2D eigenvalue weighted by Gasteiger charge is -2.18. The van der Waals surface area contributed by atoms with Gasteiger partial charge in [0.25, 0.3) is 0 Å². The maximum absolute atomic E-state index is 9.84. The molecular formula is C15H15Cl2NO2. The normalized spacial score (nSPS) is 12.2. The lowest BCUT2D eigenvalue weighted by atomic mass is 10.1. The molecule has 1 atom stereocenters. The first kappa shape index (κ1) is 14.8. The zero-order valence-electron chi connectivity index (χ0n) is 11.1. The Hall–Kier alpha value is -1.58. The van der Waals surface area contributed by atoms with E-state index in [0.717, 1.165) is 5.56 Å². The van der Waals surface area contributed by atoms with Crippen molar-refractivity contribution in [1.82, 2.24) is 0 Å². The molecular weight excluding hydrogens is 297 g/mol. The highest BCUT2D eigenvalue weighted by atomic mass is 35.5. The van der Waals surface area contributed by atoms with E-state index in [1.54, 1.807) is 12.1 Å². The van der Waals surface area contributed by atoms with Gasteiger partial charge in [-0.05, 0) is 49.7 Å². The lowest BCUT2D eigenvalue weighted by molar-refractivity contribution is 0.451. The van der Waals surface area contributed by atoms with Crippen molar-refractivity contribution in [2.24, 2.45) is 0 Å². The van der Waals surface area contributed by atoms with E-state index in [1.807, 2.05) is 13.8 Å². The van der Waals surface area contributed by atoms with Crippen LogP contribution in [0.5, 0.6) is 11.5 Å². The summed E-state index contributed by atoms with van der Waals surface area (Å²) in [6, 6.07) is 7.68. The van der Waals surface area contributed by atoms with E-state index in [4.69, 9.17) is 23.2 Å². The Morgan fingerprint density at radius 1 is 1.05 bits per heavy atom. The molecule has 20 heavy (non-hydrogen) atoms. The van der Waals surface area contributed by atoms with Crippen LogP contribution in [-0.4, -0.2) is 10.2 Å². The van der Waals surface area contributed by atoms with Gasteiger partial charge in [0.15, 0.2) is 0 Å². The van der Waals surface area contributed by atoms with Crippen molar-refractivity contribution in [3.05, 3.63) is 51.5 Å². The third kappa shape index (κ3) is 3.11. The Morgan fingerprint density at radius 2 is 1.75 bits per heavy atom. The summed E-state index contributed by atoms with van der Waals surface area (Å²) in [6.07, 6.45) is 0. The molecule has 3 N–H and O–H groups in total. The molecule has 0 aliphatic rings. The fraction of sp³-hybridized carbons (Fsp3) is 0.200. The fourth-order valence-corrected chi connectivity index (χ4v) is 2.39. The molecule has 0 aliphatic heterocycles. The summed E-state index contributed by atoms with van der Waals surface area (Å²) < 4.78 is 0. The van der Waals surface area contributed by atoms with E-state index in [0.29, 0.717) is 21.3 Å². The SMILES string of the molecule is Cc1cc(Cl)c(NC(C)c2cc(O)ccc2O)cc1Cl. The Labute approximate surface area is 127 Å². The first-order valence-electron chi connectivity index (χ1n) is 6.12. The van der Waals surface area contributed by atoms with E-state index in [-0.39, 0.29) is 17.5 Å². The average Bonchev–Trinajstić information content (AvgIpc) is 2.38. The van der Waals surface area contributed by atoms with Crippen LogP contribution in [0.1, 0.15) is 24.1 Å². The average molecular weight is 312 g/mol. The van der Waals surface area contributed by atoms with E-state index in [1.165, 1.54) is 18.2 Å². The van der Waals surface area contributed by atoms with Crippen LogP contribution in [0.15, 0.2) is 30.3 Å². The molecule has 2 rings (SSSR count). The maximum Gasteiger partial charge on any atom is 0.121 e. The quantitative estimate of drug-likeness (QED) is 0.708. The van der Waals surface area contributed by atoms with Gasteiger partial charge >= 0.3 is 0 Å². The van der Waals surface area contributed by atoms with Gasteiger partial charge in [-0.15, -0.1) is 0 Å². The summed E-state index contributed by atoms with van der Waals surface area (Å²) >= 11 is 12.3. The Morgan fingerprint density at radius 3 is 2.45 bits per heavy atom. The van der Waals surface area contributed by atoms with Crippen LogP contribution >= 0.6 is 23.2 Å². The zero-order chi connectivity index (χ0) is 14.9. The Bertz CT molecular complexity index is 644. The molecule has 0 radical (unpaired) electrons. The van der Waals surface area contributed by atoms with Gasteiger partial charge in [0, 0.05) is 10.6 Å². The second-order valence-electron chi connectivity index (χ2n) is 4.69. The van der Waals surface area contributed by atoms with Crippen LogP contribution in [-0.2, 0) is 0 Å². The molecule has 3 nitrogen and oxygen atoms in total. The molecule has 0 aliphatic carbocycles. The first-order valence-corrected chi connectivity index (χ1v) is 6.88. The number of halogens is 2. The van der Waals surface area contributed by atoms with Gasteiger partial charge in [0.05, 0.1) is 16.8 Å². The van der Waals surface area contributed by atoms with E-state index >= 15 is 0 Å². The van der Waals surface area contributed by atoms with Crippen molar-refractivity contribution in [2.45, 2.75) is 19.9 Å². The van der Waals surface area contributed by atoms with Crippen LogP contribution < -0.4 is 5.32 Å². The summed E-state index contributed by atoms with van der Waals surface area (Å²) in [5.74, 6) is 0.205.